The average molecular weight is 407 g/mol. The number of benzene rings is 1. The monoisotopic (exact) mass is 405 g/mol. The maximum atomic E-state index is 12.8. The van der Waals surface area contributed by atoms with Crippen LogP contribution in [-0.4, -0.2) is 53.3 Å². The van der Waals surface area contributed by atoms with Crippen molar-refractivity contribution in [2.45, 2.75) is 37.8 Å². The molecular formula is C17H22Cl3N3O2. The first-order chi connectivity index (χ1) is 11.5. The Morgan fingerprint density at radius 3 is 2.36 bits per heavy atom. The zero-order valence-corrected chi connectivity index (χ0v) is 16.1. The van der Waals surface area contributed by atoms with Gasteiger partial charge < -0.3 is 15.5 Å². The summed E-state index contributed by atoms with van der Waals surface area (Å²) in [5, 5.41) is 0.751. The number of hydrogen-bond donors (Lipinski definition) is 1. The van der Waals surface area contributed by atoms with Gasteiger partial charge in [0.2, 0.25) is 5.91 Å². The molecule has 0 radical (unpaired) electrons. The van der Waals surface area contributed by atoms with E-state index in [1.165, 1.54) is 0 Å². The lowest BCUT2D eigenvalue weighted by Crippen LogP contribution is -2.51. The van der Waals surface area contributed by atoms with Crippen molar-refractivity contribution in [3.63, 3.8) is 0 Å². The van der Waals surface area contributed by atoms with Crippen LogP contribution in [0.4, 0.5) is 0 Å². The summed E-state index contributed by atoms with van der Waals surface area (Å²) in [6.45, 7) is 1.93. The molecule has 2 aliphatic rings. The van der Waals surface area contributed by atoms with Crippen LogP contribution in [0.25, 0.3) is 0 Å². The summed E-state index contributed by atoms with van der Waals surface area (Å²) in [4.78, 5) is 29.1. The van der Waals surface area contributed by atoms with E-state index in [0.29, 0.717) is 41.7 Å². The Bertz CT molecular complexity index is 648. The molecule has 2 fully saturated rings. The van der Waals surface area contributed by atoms with Gasteiger partial charge in [-0.05, 0) is 43.9 Å². The summed E-state index contributed by atoms with van der Waals surface area (Å²) in [6.07, 6.45) is 3.17. The van der Waals surface area contributed by atoms with E-state index in [2.05, 4.69) is 0 Å². The molecule has 1 aromatic carbocycles. The minimum Gasteiger partial charge on any atom is -0.341 e. The van der Waals surface area contributed by atoms with Crippen molar-refractivity contribution < 1.29 is 9.59 Å². The Labute approximate surface area is 163 Å². The second-order valence-electron chi connectivity index (χ2n) is 6.45. The SMILES string of the molecule is Cl.NC1CCN(C(=O)C2CCCN2C(=O)c2ccc(Cl)c(Cl)c2)CC1. The lowest BCUT2D eigenvalue weighted by molar-refractivity contribution is -0.136. The molecule has 0 aromatic heterocycles. The van der Waals surface area contributed by atoms with Crippen molar-refractivity contribution in [2.24, 2.45) is 5.73 Å². The van der Waals surface area contributed by atoms with Crippen LogP contribution in [0.2, 0.25) is 10.0 Å². The zero-order valence-electron chi connectivity index (χ0n) is 13.8. The average Bonchev–Trinajstić information content (AvgIpc) is 3.06. The smallest absolute Gasteiger partial charge is 0.254 e. The van der Waals surface area contributed by atoms with Crippen LogP contribution in [-0.2, 0) is 4.79 Å². The number of amides is 2. The van der Waals surface area contributed by atoms with Crippen molar-refractivity contribution >= 4 is 47.4 Å². The van der Waals surface area contributed by atoms with Crippen molar-refractivity contribution in [2.75, 3.05) is 19.6 Å². The van der Waals surface area contributed by atoms with Crippen LogP contribution in [0.3, 0.4) is 0 Å². The number of halogens is 3. The summed E-state index contributed by atoms with van der Waals surface area (Å²) in [6, 6.07) is 4.60. The van der Waals surface area contributed by atoms with Gasteiger partial charge in [0.05, 0.1) is 10.0 Å². The summed E-state index contributed by atoms with van der Waals surface area (Å²) < 4.78 is 0. The number of rotatable bonds is 2. The first-order valence-electron chi connectivity index (χ1n) is 8.28. The maximum Gasteiger partial charge on any atom is 0.254 e. The number of hydrogen-bond acceptors (Lipinski definition) is 3. The molecule has 2 heterocycles. The molecule has 2 saturated heterocycles. The standard InChI is InChI=1S/C17H21Cl2N3O2.ClH/c18-13-4-3-11(10-14(13)19)16(23)22-7-1-2-15(22)17(24)21-8-5-12(20)6-9-21;/h3-4,10,12,15H,1-2,5-9,20H2;1H. The fraction of sp³-hybridized carbons (Fsp3) is 0.529. The van der Waals surface area contributed by atoms with E-state index in [4.69, 9.17) is 28.9 Å². The van der Waals surface area contributed by atoms with Gasteiger partial charge in [0.1, 0.15) is 6.04 Å². The molecule has 2 amide bonds. The molecule has 138 valence electrons. The largest absolute Gasteiger partial charge is 0.341 e. The minimum absolute atomic E-state index is 0. The molecule has 25 heavy (non-hydrogen) atoms. The van der Waals surface area contributed by atoms with Gasteiger partial charge in [0.15, 0.2) is 0 Å². The van der Waals surface area contributed by atoms with Gasteiger partial charge in [-0.15, -0.1) is 12.4 Å². The Morgan fingerprint density at radius 2 is 1.72 bits per heavy atom. The first-order valence-corrected chi connectivity index (χ1v) is 9.03. The molecule has 0 aliphatic carbocycles. The van der Waals surface area contributed by atoms with Crippen molar-refractivity contribution in [1.82, 2.24) is 9.80 Å². The van der Waals surface area contributed by atoms with Crippen LogP contribution in [0.1, 0.15) is 36.0 Å². The molecule has 8 heteroatoms. The fourth-order valence-electron chi connectivity index (χ4n) is 3.39. The van der Waals surface area contributed by atoms with Crippen LogP contribution in [0, 0.1) is 0 Å². The maximum absolute atomic E-state index is 12.8. The Balaban J connectivity index is 0.00000225. The van der Waals surface area contributed by atoms with E-state index in [-0.39, 0.29) is 36.3 Å². The number of likely N-dealkylation sites (tertiary alicyclic amines) is 2. The highest BCUT2D eigenvalue weighted by Gasteiger charge is 2.37. The molecule has 0 bridgehead atoms. The summed E-state index contributed by atoms with van der Waals surface area (Å²) in [5.74, 6) is -0.133. The topological polar surface area (TPSA) is 66.6 Å². The van der Waals surface area contributed by atoms with Gasteiger partial charge in [-0.25, -0.2) is 0 Å². The van der Waals surface area contributed by atoms with E-state index < -0.39 is 0 Å². The van der Waals surface area contributed by atoms with Gasteiger partial charge in [0, 0.05) is 31.2 Å². The molecule has 0 spiro atoms. The van der Waals surface area contributed by atoms with Crippen LogP contribution in [0.15, 0.2) is 18.2 Å². The van der Waals surface area contributed by atoms with Gasteiger partial charge >= 0.3 is 0 Å². The molecule has 5 nitrogen and oxygen atoms in total. The van der Waals surface area contributed by atoms with E-state index in [1.807, 2.05) is 4.90 Å². The molecular weight excluding hydrogens is 385 g/mol. The van der Waals surface area contributed by atoms with E-state index in [0.717, 1.165) is 19.3 Å². The molecule has 1 unspecified atom stereocenters. The first kappa shape index (κ1) is 20.3. The number of carbonyl (C=O) groups excluding carboxylic acids is 2. The second kappa shape index (κ2) is 8.58. The molecule has 2 N–H and O–H groups in total. The predicted molar refractivity (Wildman–Crippen MR) is 102 cm³/mol. The molecule has 2 aliphatic heterocycles. The third-order valence-electron chi connectivity index (χ3n) is 4.82. The lowest BCUT2D eigenvalue weighted by atomic mass is 10.0. The van der Waals surface area contributed by atoms with Crippen LogP contribution in [0.5, 0.6) is 0 Å². The Kier molecular flexibility index (Phi) is 6.97. The molecule has 0 saturated carbocycles. The van der Waals surface area contributed by atoms with Crippen molar-refractivity contribution in [1.29, 1.82) is 0 Å². The number of nitrogens with two attached hydrogens (primary N) is 1. The molecule has 1 atom stereocenters. The van der Waals surface area contributed by atoms with Gasteiger partial charge in [-0.3, -0.25) is 9.59 Å². The van der Waals surface area contributed by atoms with Crippen molar-refractivity contribution in [3.05, 3.63) is 33.8 Å². The fourth-order valence-corrected chi connectivity index (χ4v) is 3.69. The highest BCUT2D eigenvalue weighted by Crippen LogP contribution is 2.27. The van der Waals surface area contributed by atoms with E-state index >= 15 is 0 Å². The zero-order chi connectivity index (χ0) is 17.3. The second-order valence-corrected chi connectivity index (χ2v) is 7.26. The Morgan fingerprint density at radius 1 is 1.04 bits per heavy atom. The summed E-state index contributed by atoms with van der Waals surface area (Å²) in [5.41, 5.74) is 6.37. The van der Waals surface area contributed by atoms with E-state index in [9.17, 15) is 9.59 Å². The molecule has 3 rings (SSSR count). The van der Waals surface area contributed by atoms with Gasteiger partial charge in [0.25, 0.3) is 5.91 Å². The third kappa shape index (κ3) is 4.40. The lowest BCUT2D eigenvalue weighted by Gasteiger charge is -2.34. The van der Waals surface area contributed by atoms with Crippen molar-refractivity contribution in [3.8, 4) is 0 Å². The van der Waals surface area contributed by atoms with Gasteiger partial charge in [-0.1, -0.05) is 23.2 Å². The minimum atomic E-state index is -0.388. The third-order valence-corrected chi connectivity index (χ3v) is 5.56. The van der Waals surface area contributed by atoms with E-state index in [1.54, 1.807) is 23.1 Å². The summed E-state index contributed by atoms with van der Waals surface area (Å²) in [7, 11) is 0. The number of piperidine rings is 1. The van der Waals surface area contributed by atoms with Crippen LogP contribution < -0.4 is 5.73 Å². The van der Waals surface area contributed by atoms with Gasteiger partial charge in [-0.2, -0.15) is 0 Å². The molecule has 1 aromatic rings. The quantitative estimate of drug-likeness (QED) is 0.821. The Hall–Kier alpha value is -1.01. The normalized spacial score (nSPS) is 21.2. The predicted octanol–water partition coefficient (Wildman–Crippen LogP) is 2.97. The van der Waals surface area contributed by atoms with Crippen LogP contribution >= 0.6 is 35.6 Å². The number of carbonyl (C=O) groups is 2. The summed E-state index contributed by atoms with van der Waals surface area (Å²) >= 11 is 11.9. The number of nitrogens with zero attached hydrogens (tertiary/aromatic N) is 2. The highest BCUT2D eigenvalue weighted by molar-refractivity contribution is 6.42. The highest BCUT2D eigenvalue weighted by atomic mass is 35.5.